The number of likely N-dealkylation sites (N-methyl/N-ethyl adjacent to an activating group) is 1. The fourth-order valence-corrected chi connectivity index (χ4v) is 3.52. The molecule has 1 atom stereocenters. The third kappa shape index (κ3) is 4.45. The molecule has 0 saturated heterocycles. The lowest BCUT2D eigenvalue weighted by molar-refractivity contribution is -0.127. The number of rotatable bonds is 6. The van der Waals surface area contributed by atoms with E-state index >= 15 is 0 Å². The predicted octanol–water partition coefficient (Wildman–Crippen LogP) is 3.20. The van der Waals surface area contributed by atoms with Gasteiger partial charge in [-0.3, -0.25) is 14.3 Å². The summed E-state index contributed by atoms with van der Waals surface area (Å²) in [5.74, 6) is -0.0421. The number of aromatic nitrogens is 2. The average Bonchev–Trinajstić information content (AvgIpc) is 3.01. The van der Waals surface area contributed by atoms with E-state index in [9.17, 15) is 9.59 Å². The molecule has 7 nitrogen and oxygen atoms in total. The topological polar surface area (TPSA) is 76.5 Å². The first kappa shape index (κ1) is 20.9. The van der Waals surface area contributed by atoms with Gasteiger partial charge < -0.3 is 15.0 Å². The van der Waals surface area contributed by atoms with Crippen molar-refractivity contribution in [1.82, 2.24) is 15.1 Å². The van der Waals surface area contributed by atoms with Crippen molar-refractivity contribution in [2.24, 2.45) is 0 Å². The summed E-state index contributed by atoms with van der Waals surface area (Å²) in [6.45, 7) is 4.84. The van der Waals surface area contributed by atoms with Crippen LogP contribution in [0, 0.1) is 6.92 Å². The van der Waals surface area contributed by atoms with Crippen LogP contribution in [0.2, 0.25) is 5.15 Å². The summed E-state index contributed by atoms with van der Waals surface area (Å²) in [5, 5.41) is 7.54. The molecule has 0 unspecified atom stereocenters. The van der Waals surface area contributed by atoms with Gasteiger partial charge in [0.1, 0.15) is 10.9 Å². The third-order valence-corrected chi connectivity index (χ3v) is 5.20. The van der Waals surface area contributed by atoms with Gasteiger partial charge in [0.25, 0.3) is 11.8 Å². The van der Waals surface area contributed by atoms with E-state index < -0.39 is 6.10 Å². The molecule has 2 aromatic rings. The van der Waals surface area contributed by atoms with E-state index in [4.69, 9.17) is 16.3 Å². The van der Waals surface area contributed by atoms with Gasteiger partial charge >= 0.3 is 0 Å². The van der Waals surface area contributed by atoms with E-state index in [1.54, 1.807) is 40.9 Å². The Hall–Kier alpha value is -2.80. The summed E-state index contributed by atoms with van der Waals surface area (Å²) in [4.78, 5) is 26.6. The summed E-state index contributed by atoms with van der Waals surface area (Å²) < 4.78 is 7.50. The van der Waals surface area contributed by atoms with Crippen LogP contribution in [0.5, 0.6) is 5.75 Å². The SMILES string of the molecule is CCCCn1nc(C)c(/C=C/C(=O)N2C[C@H](C(=O)NC)Oc3ccccc32)c1Cl. The Morgan fingerprint density at radius 3 is 2.86 bits per heavy atom. The molecule has 0 spiro atoms. The highest BCUT2D eigenvalue weighted by atomic mass is 35.5. The highest BCUT2D eigenvalue weighted by Gasteiger charge is 2.32. The maximum Gasteiger partial charge on any atom is 0.262 e. The van der Waals surface area contributed by atoms with Gasteiger partial charge in [-0.2, -0.15) is 5.10 Å². The Balaban J connectivity index is 1.85. The van der Waals surface area contributed by atoms with Gasteiger partial charge in [-0.1, -0.05) is 37.1 Å². The number of para-hydroxylation sites is 2. The first-order chi connectivity index (χ1) is 14.0. The number of hydrogen-bond acceptors (Lipinski definition) is 4. The van der Waals surface area contributed by atoms with Crippen molar-refractivity contribution in [3.05, 3.63) is 46.8 Å². The van der Waals surface area contributed by atoms with E-state index in [0.717, 1.165) is 30.6 Å². The molecule has 8 heteroatoms. The average molecular weight is 417 g/mol. The number of halogens is 1. The van der Waals surface area contributed by atoms with Crippen molar-refractivity contribution in [2.75, 3.05) is 18.5 Å². The molecule has 1 aliphatic rings. The maximum absolute atomic E-state index is 13.0. The van der Waals surface area contributed by atoms with E-state index in [0.29, 0.717) is 16.6 Å². The lowest BCUT2D eigenvalue weighted by Gasteiger charge is -2.33. The lowest BCUT2D eigenvalue weighted by atomic mass is 10.1. The first-order valence-corrected chi connectivity index (χ1v) is 10.0. The summed E-state index contributed by atoms with van der Waals surface area (Å²) >= 11 is 6.45. The Morgan fingerprint density at radius 2 is 2.14 bits per heavy atom. The maximum atomic E-state index is 13.0. The zero-order chi connectivity index (χ0) is 21.0. The molecule has 154 valence electrons. The number of aryl methyl sites for hydroxylation is 2. The standard InChI is InChI=1S/C21H25ClN4O3/c1-4-5-12-26-20(22)15(14(2)24-26)10-11-19(27)25-13-18(21(28)23-3)29-17-9-7-6-8-16(17)25/h6-11,18H,4-5,12-13H2,1-3H3,(H,23,28)/b11-10+/t18-/m1/s1. The molecule has 3 rings (SSSR count). The molecule has 1 aromatic carbocycles. The van der Waals surface area contributed by atoms with Crippen LogP contribution >= 0.6 is 11.6 Å². The van der Waals surface area contributed by atoms with E-state index in [1.165, 1.54) is 6.08 Å². The van der Waals surface area contributed by atoms with E-state index in [2.05, 4.69) is 17.3 Å². The molecule has 29 heavy (non-hydrogen) atoms. The van der Waals surface area contributed by atoms with E-state index in [-0.39, 0.29) is 18.4 Å². The van der Waals surface area contributed by atoms with Gasteiger partial charge in [-0.15, -0.1) is 0 Å². The molecule has 0 radical (unpaired) electrons. The Morgan fingerprint density at radius 1 is 1.38 bits per heavy atom. The Kier molecular flexibility index (Phi) is 6.59. The summed E-state index contributed by atoms with van der Waals surface area (Å²) in [6, 6.07) is 7.16. The monoisotopic (exact) mass is 416 g/mol. The fraction of sp³-hybridized carbons (Fsp3) is 0.381. The summed E-state index contributed by atoms with van der Waals surface area (Å²) in [7, 11) is 1.54. The molecule has 1 N–H and O–H groups in total. The second kappa shape index (κ2) is 9.13. The molecule has 0 bridgehead atoms. The molecular weight excluding hydrogens is 392 g/mol. The normalized spacial score (nSPS) is 15.9. The van der Waals surface area contributed by atoms with Gasteiger partial charge in [0.2, 0.25) is 0 Å². The van der Waals surface area contributed by atoms with Gasteiger partial charge in [0, 0.05) is 25.2 Å². The number of unbranched alkanes of at least 4 members (excludes halogenated alkanes) is 1. The Labute approximate surface area is 175 Å². The molecule has 0 fully saturated rings. The van der Waals surface area contributed by atoms with Crippen LogP contribution in [0.25, 0.3) is 6.08 Å². The third-order valence-electron chi connectivity index (χ3n) is 4.80. The first-order valence-electron chi connectivity index (χ1n) is 9.66. The van der Waals surface area contributed by atoms with Crippen molar-refractivity contribution in [3.8, 4) is 5.75 Å². The van der Waals surface area contributed by atoms with Crippen molar-refractivity contribution in [1.29, 1.82) is 0 Å². The van der Waals surface area contributed by atoms with Crippen LogP contribution in [0.15, 0.2) is 30.3 Å². The molecular formula is C21H25ClN4O3. The fourth-order valence-electron chi connectivity index (χ4n) is 3.20. The quantitative estimate of drug-likeness (QED) is 0.733. The zero-order valence-electron chi connectivity index (χ0n) is 16.8. The minimum atomic E-state index is -0.769. The number of fused-ring (bicyclic) bond motifs is 1. The predicted molar refractivity (Wildman–Crippen MR) is 113 cm³/mol. The van der Waals surface area contributed by atoms with Crippen LogP contribution in [0.3, 0.4) is 0 Å². The second-order valence-corrected chi connectivity index (χ2v) is 7.20. The van der Waals surface area contributed by atoms with Gasteiger partial charge in [-0.05, 0) is 31.6 Å². The number of carbonyl (C=O) groups excluding carboxylic acids is 2. The molecule has 2 amide bonds. The smallest absolute Gasteiger partial charge is 0.262 e. The molecule has 1 aliphatic heterocycles. The number of hydrogen-bond donors (Lipinski definition) is 1. The lowest BCUT2D eigenvalue weighted by Crippen LogP contribution is -2.49. The van der Waals surface area contributed by atoms with Crippen molar-refractivity contribution >= 4 is 35.2 Å². The van der Waals surface area contributed by atoms with Crippen LogP contribution in [0.1, 0.15) is 31.0 Å². The number of carbonyl (C=O) groups is 2. The molecule has 0 saturated carbocycles. The largest absolute Gasteiger partial charge is 0.477 e. The van der Waals surface area contributed by atoms with Crippen LogP contribution in [0.4, 0.5) is 5.69 Å². The highest BCUT2D eigenvalue weighted by molar-refractivity contribution is 6.31. The molecule has 2 heterocycles. The van der Waals surface area contributed by atoms with Crippen LogP contribution < -0.4 is 15.0 Å². The van der Waals surface area contributed by atoms with Crippen molar-refractivity contribution in [3.63, 3.8) is 0 Å². The van der Waals surface area contributed by atoms with Gasteiger partial charge in [0.15, 0.2) is 6.10 Å². The van der Waals surface area contributed by atoms with Gasteiger partial charge in [-0.25, -0.2) is 0 Å². The van der Waals surface area contributed by atoms with Crippen molar-refractivity contribution < 1.29 is 14.3 Å². The second-order valence-electron chi connectivity index (χ2n) is 6.84. The van der Waals surface area contributed by atoms with E-state index in [1.807, 2.05) is 13.0 Å². The molecule has 1 aromatic heterocycles. The number of nitrogens with one attached hydrogen (secondary N) is 1. The highest BCUT2D eigenvalue weighted by Crippen LogP contribution is 2.33. The summed E-state index contributed by atoms with van der Waals surface area (Å²) in [6.07, 6.45) is 4.40. The number of nitrogens with zero attached hydrogens (tertiary/aromatic N) is 3. The zero-order valence-corrected chi connectivity index (χ0v) is 17.6. The number of anilines is 1. The number of amides is 2. The van der Waals surface area contributed by atoms with Crippen LogP contribution in [-0.2, 0) is 16.1 Å². The summed E-state index contributed by atoms with van der Waals surface area (Å²) in [5.41, 5.74) is 2.12. The Bertz CT molecular complexity index is 938. The van der Waals surface area contributed by atoms with Crippen LogP contribution in [-0.4, -0.2) is 41.3 Å². The van der Waals surface area contributed by atoms with Crippen molar-refractivity contribution in [2.45, 2.75) is 39.3 Å². The minimum Gasteiger partial charge on any atom is -0.477 e. The number of ether oxygens (including phenoxy) is 1. The minimum absolute atomic E-state index is 0.127. The molecule has 0 aliphatic carbocycles. The number of benzene rings is 1. The van der Waals surface area contributed by atoms with Gasteiger partial charge in [0.05, 0.1) is 17.9 Å².